The highest BCUT2D eigenvalue weighted by Crippen LogP contribution is 2.41. The first-order valence-electron chi connectivity index (χ1n) is 7.92. The van der Waals surface area contributed by atoms with E-state index in [1.165, 1.54) is 12.1 Å². The van der Waals surface area contributed by atoms with Gasteiger partial charge in [0.25, 0.3) is 0 Å². The summed E-state index contributed by atoms with van der Waals surface area (Å²) in [5.74, 6) is 2.65. The maximum absolute atomic E-state index is 13.0. The third-order valence-electron chi connectivity index (χ3n) is 3.74. The molecule has 146 valence electrons. The second kappa shape index (κ2) is 8.09. The largest absolute Gasteiger partial charge is 0.454 e. The summed E-state index contributed by atoms with van der Waals surface area (Å²) < 4.78 is 63.9. The SMILES string of the molecule is Cc1cc2ccc3c(c2c(C=Cc2ccc(F)cc2)[o+]1)OCO3.[O-][Cl+3]([O-])([O-])[O-]. The number of fused-ring (bicyclic) bond motifs is 3. The minimum Gasteiger partial charge on any atom is -0.454 e. The van der Waals surface area contributed by atoms with E-state index in [0.717, 1.165) is 22.1 Å². The summed E-state index contributed by atoms with van der Waals surface area (Å²) in [6.07, 6.45) is 3.75. The molecule has 0 fully saturated rings. The van der Waals surface area contributed by atoms with Crippen molar-refractivity contribution in [1.82, 2.24) is 0 Å². The summed E-state index contributed by atoms with van der Waals surface area (Å²) in [5.41, 5.74) is 0.890. The summed E-state index contributed by atoms with van der Waals surface area (Å²) in [6.45, 7) is 2.11. The summed E-state index contributed by atoms with van der Waals surface area (Å²) in [5, 5.41) is 1.90. The van der Waals surface area contributed by atoms with Crippen LogP contribution in [0.2, 0.25) is 0 Å². The van der Waals surface area contributed by atoms with Gasteiger partial charge in [-0.25, -0.2) is 27.4 Å². The third kappa shape index (κ3) is 5.16. The summed E-state index contributed by atoms with van der Waals surface area (Å²) in [4.78, 5) is 0. The molecule has 0 unspecified atom stereocenters. The third-order valence-corrected chi connectivity index (χ3v) is 3.74. The molecule has 0 aliphatic carbocycles. The lowest BCUT2D eigenvalue weighted by Crippen LogP contribution is -2.68. The Morgan fingerprint density at radius 1 is 1.00 bits per heavy atom. The fraction of sp³-hybridized carbons (Fsp3) is 0.105. The molecule has 0 radical (unpaired) electrons. The van der Waals surface area contributed by atoms with Crippen LogP contribution in [-0.2, 0) is 0 Å². The molecule has 28 heavy (non-hydrogen) atoms. The number of hydrogen-bond donors (Lipinski definition) is 0. The fourth-order valence-corrected chi connectivity index (χ4v) is 2.70. The summed E-state index contributed by atoms with van der Waals surface area (Å²) in [7, 11) is -4.94. The highest BCUT2D eigenvalue weighted by Gasteiger charge is 2.25. The van der Waals surface area contributed by atoms with Gasteiger partial charge >= 0.3 is 11.5 Å². The van der Waals surface area contributed by atoms with E-state index in [9.17, 15) is 4.39 Å². The van der Waals surface area contributed by atoms with E-state index in [1.807, 2.05) is 37.3 Å². The van der Waals surface area contributed by atoms with Crippen molar-refractivity contribution >= 4 is 22.9 Å². The van der Waals surface area contributed by atoms with Crippen molar-refractivity contribution in [3.63, 3.8) is 0 Å². The Bertz CT molecular complexity index is 1010. The van der Waals surface area contributed by atoms with Gasteiger partial charge in [-0.2, -0.15) is 0 Å². The molecule has 3 aromatic rings. The van der Waals surface area contributed by atoms with Crippen molar-refractivity contribution in [1.29, 1.82) is 0 Å². The quantitative estimate of drug-likeness (QED) is 0.559. The minimum absolute atomic E-state index is 0.212. The zero-order chi connectivity index (χ0) is 20.3. The number of hydrogen-bond acceptors (Lipinski definition) is 6. The Hall–Kier alpha value is -2.75. The lowest BCUT2D eigenvalue weighted by molar-refractivity contribution is -2.00. The highest BCUT2D eigenvalue weighted by molar-refractivity contribution is 5.97. The average molecular weight is 409 g/mol. The van der Waals surface area contributed by atoms with Crippen LogP contribution in [0.3, 0.4) is 0 Å². The number of ether oxygens (including phenoxy) is 2. The molecule has 0 atom stereocenters. The molecule has 4 rings (SSSR count). The van der Waals surface area contributed by atoms with Crippen molar-refractivity contribution in [3.05, 3.63) is 65.4 Å². The van der Waals surface area contributed by atoms with Gasteiger partial charge < -0.3 is 9.47 Å². The van der Waals surface area contributed by atoms with Gasteiger partial charge in [0.15, 0.2) is 11.5 Å². The van der Waals surface area contributed by atoms with E-state index in [1.54, 1.807) is 12.1 Å². The van der Waals surface area contributed by atoms with Crippen LogP contribution >= 0.6 is 0 Å². The molecule has 0 N–H and O–H groups in total. The smallest absolute Gasteiger partial charge is 0.364 e. The number of benzene rings is 2. The molecule has 2 heterocycles. The van der Waals surface area contributed by atoms with Crippen molar-refractivity contribution in [3.8, 4) is 11.5 Å². The van der Waals surface area contributed by atoms with Crippen LogP contribution in [0.1, 0.15) is 17.1 Å². The molecule has 0 spiro atoms. The van der Waals surface area contributed by atoms with E-state index in [-0.39, 0.29) is 12.6 Å². The molecule has 1 aromatic heterocycles. The second-order valence-electron chi connectivity index (χ2n) is 5.75. The number of halogens is 2. The van der Waals surface area contributed by atoms with Crippen LogP contribution in [-0.4, -0.2) is 6.79 Å². The monoisotopic (exact) mass is 408 g/mol. The normalized spacial score (nSPS) is 12.9. The summed E-state index contributed by atoms with van der Waals surface area (Å²) >= 11 is 0. The topological polar surface area (TPSA) is 122 Å². The van der Waals surface area contributed by atoms with Crippen LogP contribution in [0.15, 0.2) is 46.9 Å². The van der Waals surface area contributed by atoms with Gasteiger partial charge in [0.05, 0.1) is 6.92 Å². The first kappa shape index (κ1) is 20.0. The molecule has 0 saturated carbocycles. The van der Waals surface area contributed by atoms with E-state index >= 15 is 0 Å². The maximum Gasteiger partial charge on any atom is 0.364 e. The van der Waals surface area contributed by atoms with Crippen molar-refractivity contribution < 1.29 is 47.2 Å². The molecule has 1 aliphatic heterocycles. The van der Waals surface area contributed by atoms with Crippen molar-refractivity contribution in [2.24, 2.45) is 0 Å². The van der Waals surface area contributed by atoms with E-state index < -0.39 is 10.2 Å². The van der Waals surface area contributed by atoms with Gasteiger partial charge in [-0.1, -0.05) is 12.1 Å². The first-order valence-corrected chi connectivity index (χ1v) is 9.15. The average Bonchev–Trinajstić information content (AvgIpc) is 3.08. The van der Waals surface area contributed by atoms with Gasteiger partial charge in [0.1, 0.15) is 11.2 Å². The molecule has 1 aliphatic rings. The van der Waals surface area contributed by atoms with Crippen molar-refractivity contribution in [2.45, 2.75) is 6.92 Å². The predicted octanol–water partition coefficient (Wildman–Crippen LogP) is 0.305. The van der Waals surface area contributed by atoms with Gasteiger partial charge in [0, 0.05) is 17.5 Å². The zero-order valence-corrected chi connectivity index (χ0v) is 15.3. The van der Waals surface area contributed by atoms with Crippen LogP contribution < -0.4 is 28.1 Å². The van der Waals surface area contributed by atoms with Gasteiger partial charge in [0.2, 0.25) is 6.79 Å². The predicted molar refractivity (Wildman–Crippen MR) is 86.8 cm³/mol. The minimum atomic E-state index is -4.94. The summed E-state index contributed by atoms with van der Waals surface area (Å²) in [6, 6.07) is 12.1. The van der Waals surface area contributed by atoms with Crippen LogP contribution in [0.5, 0.6) is 11.5 Å². The molecule has 7 nitrogen and oxygen atoms in total. The second-order valence-corrected chi connectivity index (χ2v) is 6.50. The van der Waals surface area contributed by atoms with Crippen LogP contribution in [0, 0.1) is 23.0 Å². The maximum atomic E-state index is 13.0. The molecule has 9 heteroatoms. The zero-order valence-electron chi connectivity index (χ0n) is 14.5. The molecule has 0 saturated heterocycles. The Labute approximate surface area is 161 Å². The van der Waals surface area contributed by atoms with E-state index in [0.29, 0.717) is 17.3 Å². The Balaban J connectivity index is 0.000000403. The molecular weight excluding hydrogens is 395 g/mol. The van der Waals surface area contributed by atoms with Crippen molar-refractivity contribution in [2.75, 3.05) is 6.79 Å². The Morgan fingerprint density at radius 2 is 1.68 bits per heavy atom. The van der Waals surface area contributed by atoms with Gasteiger partial charge in [-0.3, -0.25) is 0 Å². The van der Waals surface area contributed by atoms with Crippen LogP contribution in [0.25, 0.3) is 22.9 Å². The highest BCUT2D eigenvalue weighted by atomic mass is 35.7. The number of aryl methyl sites for hydroxylation is 1. The lowest BCUT2D eigenvalue weighted by Gasteiger charge is -2.17. The molecule has 0 bridgehead atoms. The number of rotatable bonds is 2. The lowest BCUT2D eigenvalue weighted by atomic mass is 10.1. The Morgan fingerprint density at radius 3 is 2.36 bits per heavy atom. The fourth-order valence-electron chi connectivity index (χ4n) is 2.70. The molecule has 2 aromatic carbocycles. The first-order chi connectivity index (χ1) is 13.2. The van der Waals surface area contributed by atoms with E-state index in [4.69, 9.17) is 32.5 Å². The molecular formula is C19H14ClFO7. The Kier molecular flexibility index (Phi) is 5.78. The molecule has 0 amide bonds. The van der Waals surface area contributed by atoms with Gasteiger partial charge in [-0.05, 0) is 35.9 Å². The van der Waals surface area contributed by atoms with E-state index in [2.05, 4.69) is 0 Å². The van der Waals surface area contributed by atoms with Gasteiger partial charge in [-0.15, -0.1) is 10.2 Å². The standard InChI is InChI=1S/C19H14FO3.ClHO4/c1-12-10-14-5-9-17-19(22-11-21-17)18(14)16(23-12)8-4-13-2-6-15(20)7-3-13;2-1(3,4)5/h2-10H,11H2,1H3;(H,2,3,4,5)/q+1;/p-1. The van der Waals surface area contributed by atoms with Crippen LogP contribution in [0.4, 0.5) is 4.39 Å².